The second-order valence-corrected chi connectivity index (χ2v) is 10.6. The van der Waals surface area contributed by atoms with E-state index in [-0.39, 0.29) is 23.9 Å². The van der Waals surface area contributed by atoms with Gasteiger partial charge in [0.2, 0.25) is 5.91 Å². The number of aliphatic hydroxyl groups is 1. The van der Waals surface area contributed by atoms with Crippen LogP contribution < -0.4 is 0 Å². The van der Waals surface area contributed by atoms with Gasteiger partial charge in [-0.2, -0.15) is 0 Å². The van der Waals surface area contributed by atoms with Crippen molar-refractivity contribution < 1.29 is 9.90 Å². The van der Waals surface area contributed by atoms with E-state index in [2.05, 4.69) is 12.6 Å². The van der Waals surface area contributed by atoms with Gasteiger partial charge < -0.3 is 10.0 Å². The van der Waals surface area contributed by atoms with Crippen molar-refractivity contribution in [2.75, 3.05) is 0 Å². The number of hydrogen-bond donors (Lipinski definition) is 1. The molecule has 1 saturated carbocycles. The Hall–Kier alpha value is -1.81. The first-order chi connectivity index (χ1) is 15.2. The molecule has 1 N–H and O–H groups in total. The lowest BCUT2D eigenvalue weighted by Gasteiger charge is -2.53. The molecule has 1 aliphatic carbocycles. The minimum atomic E-state index is -0.618. The van der Waals surface area contributed by atoms with Crippen molar-refractivity contribution in [3.63, 3.8) is 0 Å². The molecule has 5 heteroatoms. The highest BCUT2D eigenvalue weighted by atomic mass is 35.5. The number of halogens is 2. The van der Waals surface area contributed by atoms with Gasteiger partial charge in [0.15, 0.2) is 0 Å². The number of allylic oxidation sites excluding steroid dienone is 1. The van der Waals surface area contributed by atoms with E-state index in [0.717, 1.165) is 24.0 Å². The number of hydrogen-bond acceptors (Lipinski definition) is 2. The van der Waals surface area contributed by atoms with E-state index < -0.39 is 11.5 Å². The first-order valence-electron chi connectivity index (χ1n) is 11.4. The van der Waals surface area contributed by atoms with Gasteiger partial charge in [-0.05, 0) is 73.9 Å². The number of likely N-dealkylation sites (tertiary alicyclic amines) is 1. The van der Waals surface area contributed by atoms with E-state index in [9.17, 15) is 9.90 Å². The van der Waals surface area contributed by atoms with Crippen molar-refractivity contribution in [2.45, 2.75) is 63.6 Å². The Labute approximate surface area is 201 Å². The third-order valence-electron chi connectivity index (χ3n) is 7.11. The third-order valence-corrected chi connectivity index (χ3v) is 7.59. The van der Waals surface area contributed by atoms with Gasteiger partial charge in [0.1, 0.15) is 0 Å². The standard InChI is InChI=1S/C27H31Cl2NO2/c1-4-14-27(3)16-23(20-6-5-7-22(29)15-20)25(19-10-12-21(28)13-11-19)30(26(27)32)24(17(2)31)18-8-9-18/h4-7,10-13,15,17-18,23-25,31H,1,8-9,14,16H2,2-3H3/t17?,23-,24?,25-,27+/m1/s1. The molecule has 32 heavy (non-hydrogen) atoms. The molecule has 2 aromatic carbocycles. The first-order valence-corrected chi connectivity index (χ1v) is 12.1. The molecule has 5 atom stereocenters. The average molecular weight is 472 g/mol. The summed E-state index contributed by atoms with van der Waals surface area (Å²) in [5.74, 6) is 0.436. The van der Waals surface area contributed by atoms with Gasteiger partial charge in [0.05, 0.1) is 23.6 Å². The lowest BCUT2D eigenvalue weighted by Crippen LogP contribution is -2.58. The second-order valence-electron chi connectivity index (χ2n) is 9.70. The lowest BCUT2D eigenvalue weighted by atomic mass is 9.66. The summed E-state index contributed by atoms with van der Waals surface area (Å²) < 4.78 is 0. The highest BCUT2D eigenvalue weighted by Crippen LogP contribution is 2.54. The molecule has 2 unspecified atom stereocenters. The van der Waals surface area contributed by atoms with Crippen LogP contribution in [0.15, 0.2) is 61.2 Å². The highest BCUT2D eigenvalue weighted by Gasteiger charge is 2.54. The molecule has 1 aliphatic heterocycles. The van der Waals surface area contributed by atoms with Crippen LogP contribution in [-0.2, 0) is 4.79 Å². The van der Waals surface area contributed by atoms with Crippen LogP contribution in [0, 0.1) is 11.3 Å². The second kappa shape index (κ2) is 9.21. The van der Waals surface area contributed by atoms with E-state index >= 15 is 0 Å². The SMILES string of the molecule is C=CC[C@@]1(C)C[C@H](c2cccc(Cl)c2)[C@@H](c2ccc(Cl)cc2)N(C(C(C)O)C2CC2)C1=O. The monoisotopic (exact) mass is 471 g/mol. The minimum Gasteiger partial charge on any atom is -0.391 e. The molecule has 1 amide bonds. The van der Waals surface area contributed by atoms with Gasteiger partial charge in [-0.3, -0.25) is 4.79 Å². The molecule has 0 radical (unpaired) electrons. The Kier molecular flexibility index (Phi) is 6.72. The molecule has 0 bridgehead atoms. The molecular weight excluding hydrogens is 441 g/mol. The van der Waals surface area contributed by atoms with E-state index in [1.165, 1.54) is 0 Å². The summed E-state index contributed by atoms with van der Waals surface area (Å²) in [6.07, 6.45) is 4.55. The maximum Gasteiger partial charge on any atom is 0.229 e. The fourth-order valence-electron chi connectivity index (χ4n) is 5.51. The maximum atomic E-state index is 14.1. The Morgan fingerprint density at radius 3 is 2.41 bits per heavy atom. The number of nitrogens with zero attached hydrogens (tertiary/aromatic N) is 1. The van der Waals surface area contributed by atoms with E-state index in [4.69, 9.17) is 23.2 Å². The zero-order valence-corrected chi connectivity index (χ0v) is 20.2. The fraction of sp³-hybridized carbons (Fsp3) is 0.444. The topological polar surface area (TPSA) is 40.5 Å². The molecule has 2 fully saturated rings. The molecule has 4 rings (SSSR count). The maximum absolute atomic E-state index is 14.1. The quantitative estimate of drug-likeness (QED) is 0.451. The van der Waals surface area contributed by atoms with Crippen LogP contribution in [0.5, 0.6) is 0 Å². The molecule has 0 spiro atoms. The molecule has 0 aromatic heterocycles. The molecule has 1 saturated heterocycles. The molecule has 2 aliphatic rings. The highest BCUT2D eigenvalue weighted by molar-refractivity contribution is 6.30. The molecular formula is C27H31Cl2NO2. The van der Waals surface area contributed by atoms with E-state index in [1.807, 2.05) is 67.3 Å². The van der Waals surface area contributed by atoms with Gasteiger partial charge >= 0.3 is 0 Å². The van der Waals surface area contributed by atoms with Crippen LogP contribution in [0.1, 0.15) is 62.6 Å². The Balaban J connectivity index is 1.91. The largest absolute Gasteiger partial charge is 0.391 e. The summed E-state index contributed by atoms with van der Waals surface area (Å²) in [4.78, 5) is 16.1. The number of amides is 1. The van der Waals surface area contributed by atoms with Crippen molar-refractivity contribution in [2.24, 2.45) is 11.3 Å². The number of benzene rings is 2. The Morgan fingerprint density at radius 2 is 1.84 bits per heavy atom. The molecule has 170 valence electrons. The summed E-state index contributed by atoms with van der Waals surface area (Å²) in [6, 6.07) is 15.3. The van der Waals surface area contributed by atoms with Crippen molar-refractivity contribution in [1.82, 2.24) is 4.90 Å². The van der Waals surface area contributed by atoms with Gasteiger partial charge in [-0.1, -0.05) is 60.5 Å². The van der Waals surface area contributed by atoms with Gasteiger partial charge in [0, 0.05) is 16.0 Å². The van der Waals surface area contributed by atoms with Crippen LogP contribution in [0.3, 0.4) is 0 Å². The van der Waals surface area contributed by atoms with Gasteiger partial charge in [0.25, 0.3) is 0 Å². The van der Waals surface area contributed by atoms with Gasteiger partial charge in [-0.15, -0.1) is 6.58 Å². The molecule has 3 nitrogen and oxygen atoms in total. The number of carbonyl (C=O) groups is 1. The normalized spacial score (nSPS) is 27.8. The van der Waals surface area contributed by atoms with Crippen LogP contribution in [0.4, 0.5) is 0 Å². The van der Waals surface area contributed by atoms with Crippen molar-refractivity contribution in [3.05, 3.63) is 82.4 Å². The third kappa shape index (κ3) is 4.48. The molecule has 2 aromatic rings. The van der Waals surface area contributed by atoms with Crippen LogP contribution in [0.2, 0.25) is 10.0 Å². The number of carbonyl (C=O) groups excluding carboxylic acids is 1. The van der Waals surface area contributed by atoms with Crippen LogP contribution >= 0.6 is 23.2 Å². The molecule has 1 heterocycles. The van der Waals surface area contributed by atoms with Crippen LogP contribution in [-0.4, -0.2) is 28.1 Å². The minimum absolute atomic E-state index is 0.0255. The summed E-state index contributed by atoms with van der Waals surface area (Å²) in [5.41, 5.74) is 1.53. The summed E-state index contributed by atoms with van der Waals surface area (Å²) in [6.45, 7) is 7.77. The number of piperidine rings is 1. The zero-order chi connectivity index (χ0) is 23.0. The van der Waals surface area contributed by atoms with Crippen molar-refractivity contribution in [1.29, 1.82) is 0 Å². The van der Waals surface area contributed by atoms with Crippen molar-refractivity contribution in [3.8, 4) is 0 Å². The lowest BCUT2D eigenvalue weighted by molar-refractivity contribution is -0.159. The van der Waals surface area contributed by atoms with Gasteiger partial charge in [-0.25, -0.2) is 0 Å². The zero-order valence-electron chi connectivity index (χ0n) is 18.7. The fourth-order valence-corrected chi connectivity index (χ4v) is 5.83. The predicted octanol–water partition coefficient (Wildman–Crippen LogP) is 6.79. The number of rotatable bonds is 7. The predicted molar refractivity (Wildman–Crippen MR) is 131 cm³/mol. The summed E-state index contributed by atoms with van der Waals surface area (Å²) >= 11 is 12.6. The van der Waals surface area contributed by atoms with E-state index in [0.29, 0.717) is 28.8 Å². The average Bonchev–Trinajstić information content (AvgIpc) is 3.57. The smallest absolute Gasteiger partial charge is 0.229 e. The van der Waals surface area contributed by atoms with Crippen LogP contribution in [0.25, 0.3) is 0 Å². The van der Waals surface area contributed by atoms with E-state index in [1.54, 1.807) is 0 Å². The first kappa shape index (κ1) is 23.4. The van der Waals surface area contributed by atoms with Crippen molar-refractivity contribution >= 4 is 29.1 Å². The Bertz CT molecular complexity index is 983. The summed E-state index contributed by atoms with van der Waals surface area (Å²) in [5, 5.41) is 12.2. The Morgan fingerprint density at radius 1 is 1.16 bits per heavy atom. The summed E-state index contributed by atoms with van der Waals surface area (Å²) in [7, 11) is 0. The number of aliphatic hydroxyl groups excluding tert-OH is 1.